The lowest BCUT2D eigenvalue weighted by molar-refractivity contribution is -0.134. The molecule has 0 aliphatic carbocycles. The van der Waals surface area contributed by atoms with Gasteiger partial charge in [0.15, 0.2) is 0 Å². The second-order valence-electron chi connectivity index (χ2n) is 6.81. The van der Waals surface area contributed by atoms with E-state index in [4.69, 9.17) is 0 Å². The molecule has 7 heteroatoms. The maximum Gasteiger partial charge on any atom is 0.253 e. The lowest BCUT2D eigenvalue weighted by atomic mass is 10.0. The molecule has 0 saturated carbocycles. The maximum atomic E-state index is 13.0. The molecule has 1 atom stereocenters. The van der Waals surface area contributed by atoms with E-state index in [-0.39, 0.29) is 11.8 Å². The molecule has 0 aromatic heterocycles. The molecule has 1 saturated heterocycles. The van der Waals surface area contributed by atoms with Gasteiger partial charge in [-0.25, -0.2) is 0 Å². The second-order valence-corrected chi connectivity index (χ2v) is 8.65. The van der Waals surface area contributed by atoms with Gasteiger partial charge in [-0.3, -0.25) is 9.59 Å². The Bertz CT molecular complexity index is 619. The number of benzene rings is 1. The number of likely N-dealkylation sites (tertiary alicyclic amines) is 1. The lowest BCUT2D eigenvalue weighted by Crippen LogP contribution is -2.52. The molecule has 2 rings (SSSR count). The Morgan fingerprint density at radius 3 is 2.54 bits per heavy atom. The number of nitrogens with one attached hydrogen (secondary N) is 1. The molecule has 0 spiro atoms. The fraction of sp³-hybridized carbons (Fsp3) is 0.579. The Labute approximate surface area is 169 Å². The summed E-state index contributed by atoms with van der Waals surface area (Å²) in [4.78, 5) is 29.8. The molecule has 0 bridgehead atoms. The van der Waals surface area contributed by atoms with Crippen molar-refractivity contribution in [3.8, 4) is 0 Å². The Balaban J connectivity index is 2.03. The first-order chi connectivity index (χ1) is 12.4. The quantitative estimate of drug-likeness (QED) is 0.706. The Hall–Kier alpha value is -1.05. The van der Waals surface area contributed by atoms with Gasteiger partial charge in [-0.15, -0.1) is 0 Å². The van der Waals surface area contributed by atoms with Crippen LogP contribution in [0, 0.1) is 0 Å². The van der Waals surface area contributed by atoms with E-state index in [9.17, 15) is 9.59 Å². The summed E-state index contributed by atoms with van der Waals surface area (Å²) in [5.74, 6) is 0.664. The van der Waals surface area contributed by atoms with Gasteiger partial charge in [0.05, 0.1) is 5.56 Å². The summed E-state index contributed by atoms with van der Waals surface area (Å²) in [5, 5.41) is 2.96. The second kappa shape index (κ2) is 10.3. The third-order valence-electron chi connectivity index (χ3n) is 4.84. The Kier molecular flexibility index (Phi) is 8.44. The van der Waals surface area contributed by atoms with Gasteiger partial charge in [-0.2, -0.15) is 11.8 Å². The summed E-state index contributed by atoms with van der Waals surface area (Å²) in [6.45, 7) is 1.50. The van der Waals surface area contributed by atoms with Gasteiger partial charge in [-0.1, -0.05) is 12.1 Å². The van der Waals surface area contributed by atoms with E-state index in [0.29, 0.717) is 18.0 Å². The fourth-order valence-electron chi connectivity index (χ4n) is 3.20. The average Bonchev–Trinajstić information content (AvgIpc) is 2.64. The van der Waals surface area contributed by atoms with Crippen molar-refractivity contribution in [3.05, 3.63) is 34.3 Å². The van der Waals surface area contributed by atoms with Gasteiger partial charge in [0.1, 0.15) is 6.04 Å². The maximum absolute atomic E-state index is 13.0. The third kappa shape index (κ3) is 5.72. The van der Waals surface area contributed by atoms with Crippen molar-refractivity contribution >= 4 is 39.5 Å². The number of amides is 2. The van der Waals surface area contributed by atoms with Crippen LogP contribution in [0.5, 0.6) is 0 Å². The van der Waals surface area contributed by atoms with Crippen LogP contribution in [0.1, 0.15) is 29.6 Å². The number of hydrogen-bond acceptors (Lipinski definition) is 4. The molecular formula is C19H28BrN3O2S. The molecule has 1 N–H and O–H groups in total. The third-order valence-corrected chi connectivity index (χ3v) is 6.17. The molecule has 1 aliphatic rings. The van der Waals surface area contributed by atoms with Crippen LogP contribution in [-0.4, -0.2) is 72.9 Å². The first kappa shape index (κ1) is 21.3. The molecule has 1 fully saturated rings. The number of rotatable bonds is 7. The highest BCUT2D eigenvalue weighted by Gasteiger charge is 2.30. The summed E-state index contributed by atoms with van der Waals surface area (Å²) >= 11 is 5.09. The largest absolute Gasteiger partial charge is 0.341 e. The number of carbonyl (C=O) groups is 2. The van der Waals surface area contributed by atoms with Gasteiger partial charge < -0.3 is 15.1 Å². The van der Waals surface area contributed by atoms with Crippen LogP contribution < -0.4 is 5.32 Å². The zero-order valence-corrected chi connectivity index (χ0v) is 18.1. The number of hydrogen-bond donors (Lipinski definition) is 1. The lowest BCUT2D eigenvalue weighted by Gasteiger charge is -2.37. The highest BCUT2D eigenvalue weighted by Crippen LogP contribution is 2.18. The summed E-state index contributed by atoms with van der Waals surface area (Å²) in [7, 11) is 4.17. The van der Waals surface area contributed by atoms with Crippen molar-refractivity contribution in [2.75, 3.05) is 39.2 Å². The predicted molar refractivity (Wildman–Crippen MR) is 112 cm³/mol. The van der Waals surface area contributed by atoms with Crippen molar-refractivity contribution in [1.29, 1.82) is 0 Å². The minimum Gasteiger partial charge on any atom is -0.341 e. The number of halogens is 1. The van der Waals surface area contributed by atoms with E-state index in [1.807, 2.05) is 29.4 Å². The van der Waals surface area contributed by atoms with Crippen LogP contribution in [0.25, 0.3) is 0 Å². The molecule has 1 aliphatic heterocycles. The van der Waals surface area contributed by atoms with E-state index in [1.165, 1.54) is 0 Å². The smallest absolute Gasteiger partial charge is 0.253 e. The zero-order chi connectivity index (χ0) is 19.1. The number of thioether (sulfide) groups is 1. The Morgan fingerprint density at radius 1 is 1.31 bits per heavy atom. The molecule has 0 radical (unpaired) electrons. The summed E-state index contributed by atoms with van der Waals surface area (Å²) in [5.41, 5.74) is 0.556. The van der Waals surface area contributed by atoms with Gasteiger partial charge in [0.25, 0.3) is 5.91 Å². The zero-order valence-electron chi connectivity index (χ0n) is 15.7. The molecular weight excluding hydrogens is 414 g/mol. The normalized spacial score (nSPS) is 16.6. The molecule has 144 valence electrons. The minimum atomic E-state index is -0.474. The van der Waals surface area contributed by atoms with Crippen molar-refractivity contribution in [1.82, 2.24) is 15.1 Å². The molecule has 1 heterocycles. The number of nitrogens with zero attached hydrogens (tertiary/aromatic N) is 2. The van der Waals surface area contributed by atoms with Crippen LogP contribution in [-0.2, 0) is 4.79 Å². The van der Waals surface area contributed by atoms with Gasteiger partial charge in [0.2, 0.25) is 5.91 Å². The molecule has 1 aromatic carbocycles. The summed E-state index contributed by atoms with van der Waals surface area (Å²) in [6, 6.07) is 7.34. The molecule has 1 aromatic rings. The first-order valence-corrected chi connectivity index (χ1v) is 11.1. The first-order valence-electron chi connectivity index (χ1n) is 8.93. The fourth-order valence-corrected chi connectivity index (χ4v) is 4.13. The van der Waals surface area contributed by atoms with E-state index in [0.717, 1.165) is 36.2 Å². The Morgan fingerprint density at radius 2 is 1.96 bits per heavy atom. The number of carbonyl (C=O) groups excluding carboxylic acids is 2. The topological polar surface area (TPSA) is 52.7 Å². The minimum absolute atomic E-state index is 0.0386. The van der Waals surface area contributed by atoms with E-state index < -0.39 is 6.04 Å². The van der Waals surface area contributed by atoms with Crippen molar-refractivity contribution in [2.24, 2.45) is 0 Å². The van der Waals surface area contributed by atoms with Gasteiger partial charge >= 0.3 is 0 Å². The van der Waals surface area contributed by atoms with Crippen LogP contribution in [0.4, 0.5) is 0 Å². The molecule has 0 unspecified atom stereocenters. The predicted octanol–water partition coefficient (Wildman–Crippen LogP) is 2.85. The van der Waals surface area contributed by atoms with E-state index in [1.54, 1.807) is 17.8 Å². The highest BCUT2D eigenvalue weighted by molar-refractivity contribution is 9.10. The van der Waals surface area contributed by atoms with Crippen LogP contribution in [0.2, 0.25) is 0 Å². The number of piperidine rings is 1. The molecule has 2 amide bonds. The van der Waals surface area contributed by atoms with E-state index in [2.05, 4.69) is 40.2 Å². The van der Waals surface area contributed by atoms with Crippen molar-refractivity contribution in [2.45, 2.75) is 31.3 Å². The van der Waals surface area contributed by atoms with Gasteiger partial charge in [-0.05, 0) is 73.4 Å². The van der Waals surface area contributed by atoms with E-state index >= 15 is 0 Å². The monoisotopic (exact) mass is 441 g/mol. The standard InChI is InChI=1S/C19H28BrN3O2S/c1-22(2)14-8-11-23(12-9-14)19(25)17(10-13-26-3)21-18(24)15-6-4-5-7-16(15)20/h4-7,14,17H,8-13H2,1-3H3,(H,21,24)/t17-/m0/s1. The van der Waals surface area contributed by atoms with Crippen LogP contribution in [0.15, 0.2) is 28.7 Å². The highest BCUT2D eigenvalue weighted by atomic mass is 79.9. The van der Waals surface area contributed by atoms with Gasteiger partial charge in [0, 0.05) is 23.6 Å². The van der Waals surface area contributed by atoms with Crippen molar-refractivity contribution in [3.63, 3.8) is 0 Å². The summed E-state index contributed by atoms with van der Waals surface area (Å²) < 4.78 is 0.736. The van der Waals surface area contributed by atoms with Crippen LogP contribution in [0.3, 0.4) is 0 Å². The molecule has 26 heavy (non-hydrogen) atoms. The SMILES string of the molecule is CSCC[C@H](NC(=O)c1ccccc1Br)C(=O)N1CCC(N(C)C)CC1. The average molecular weight is 442 g/mol. The van der Waals surface area contributed by atoms with Crippen LogP contribution >= 0.6 is 27.7 Å². The summed E-state index contributed by atoms with van der Waals surface area (Å²) in [6.07, 6.45) is 4.61. The van der Waals surface area contributed by atoms with Crippen molar-refractivity contribution < 1.29 is 9.59 Å². The molecule has 5 nitrogen and oxygen atoms in total.